The summed E-state index contributed by atoms with van der Waals surface area (Å²) >= 11 is 0. The number of allylic oxidation sites excluding steroid dienone is 2. The van der Waals surface area contributed by atoms with Gasteiger partial charge in [0.05, 0.1) is 5.71 Å². The number of carbonyl (C=O) groups excluding carboxylic acids is 1. The van der Waals surface area contributed by atoms with Crippen molar-refractivity contribution in [2.24, 2.45) is 33.7 Å². The number of hydrogen-bond donors (Lipinski definition) is 1. The van der Waals surface area contributed by atoms with Gasteiger partial charge in [-0.05, 0) is 80.7 Å². The van der Waals surface area contributed by atoms with E-state index in [4.69, 9.17) is 4.84 Å². The van der Waals surface area contributed by atoms with E-state index in [0.717, 1.165) is 63.7 Å². The van der Waals surface area contributed by atoms with Gasteiger partial charge in [-0.15, -0.1) is 0 Å². The zero-order valence-electron chi connectivity index (χ0n) is 17.2. The Hall–Kier alpha value is -1.23. The molecule has 4 nitrogen and oxygen atoms in total. The van der Waals surface area contributed by atoms with E-state index < -0.39 is 11.6 Å². The van der Waals surface area contributed by atoms with Gasteiger partial charge >= 0.3 is 0 Å². The van der Waals surface area contributed by atoms with Crippen LogP contribution in [0.4, 0.5) is 4.39 Å². The smallest absolute Gasteiger partial charge is 0.173 e. The fourth-order valence-corrected chi connectivity index (χ4v) is 7.25. The highest BCUT2D eigenvalue weighted by Crippen LogP contribution is 2.64. The molecule has 5 aliphatic rings. The maximum atomic E-state index is 14.3. The van der Waals surface area contributed by atoms with E-state index in [2.05, 4.69) is 23.5 Å². The number of Topliss-reactive ketones (excluding diaryl/α,β-unsaturated/α-hetero) is 1. The first-order valence-corrected chi connectivity index (χ1v) is 11.2. The third-order valence-electron chi connectivity index (χ3n) is 9.01. The fourth-order valence-electron chi connectivity index (χ4n) is 7.25. The molecule has 0 aromatic carbocycles. The maximum Gasteiger partial charge on any atom is 0.173 e. The lowest BCUT2D eigenvalue weighted by Gasteiger charge is -2.56. The van der Waals surface area contributed by atoms with Crippen molar-refractivity contribution >= 4 is 11.5 Å². The Morgan fingerprint density at radius 1 is 1.14 bits per heavy atom. The highest BCUT2D eigenvalue weighted by Gasteiger charge is 2.61. The van der Waals surface area contributed by atoms with Crippen molar-refractivity contribution in [2.45, 2.75) is 77.5 Å². The van der Waals surface area contributed by atoms with Crippen LogP contribution in [0.1, 0.15) is 65.2 Å². The summed E-state index contributed by atoms with van der Waals surface area (Å²) in [5.41, 5.74) is 2.35. The third-order valence-corrected chi connectivity index (χ3v) is 9.01. The Labute approximate surface area is 167 Å². The molecule has 5 heteroatoms. The molecule has 7 atom stereocenters. The first-order valence-electron chi connectivity index (χ1n) is 11.2. The standard InChI is InChI=1S/C23H33FN2O2/c1-22-8-5-15(26-28-16-7-10-25-13-16)11-14(22)3-4-17-18(22)6-9-23(2)19(17)12-20(24)21(23)27/h11,16-20,25H,3-10,12-13H2,1-2H3/b26-15+/t16?,17?,18?,19?,20?,22-,23-/m0/s1. The summed E-state index contributed by atoms with van der Waals surface area (Å²) in [6.45, 7) is 6.37. The van der Waals surface area contributed by atoms with Crippen LogP contribution in [0.2, 0.25) is 0 Å². The molecule has 0 amide bonds. The van der Waals surface area contributed by atoms with Gasteiger partial charge in [0, 0.05) is 18.4 Å². The number of alkyl halides is 1. The quantitative estimate of drug-likeness (QED) is 0.721. The van der Waals surface area contributed by atoms with Gasteiger partial charge in [-0.1, -0.05) is 24.6 Å². The van der Waals surface area contributed by atoms with Crippen molar-refractivity contribution in [3.63, 3.8) is 0 Å². The Kier molecular flexibility index (Phi) is 4.46. The predicted molar refractivity (Wildman–Crippen MR) is 107 cm³/mol. The van der Waals surface area contributed by atoms with Crippen LogP contribution in [0.15, 0.2) is 16.8 Å². The number of nitrogens with one attached hydrogen (secondary N) is 1. The summed E-state index contributed by atoms with van der Waals surface area (Å²) in [6, 6.07) is 0. The van der Waals surface area contributed by atoms with Crippen LogP contribution in [-0.2, 0) is 9.63 Å². The number of fused-ring (bicyclic) bond motifs is 5. The topological polar surface area (TPSA) is 50.7 Å². The van der Waals surface area contributed by atoms with Gasteiger partial charge in [0.1, 0.15) is 6.10 Å². The number of oxime groups is 1. The molecule has 0 aromatic heterocycles. The van der Waals surface area contributed by atoms with E-state index in [1.807, 2.05) is 6.92 Å². The molecule has 28 heavy (non-hydrogen) atoms. The molecule has 0 aromatic rings. The summed E-state index contributed by atoms with van der Waals surface area (Å²) in [5, 5.41) is 7.79. The lowest BCUT2D eigenvalue weighted by molar-refractivity contribution is -0.135. The van der Waals surface area contributed by atoms with Gasteiger partial charge in [-0.2, -0.15) is 0 Å². The molecule has 5 unspecified atom stereocenters. The van der Waals surface area contributed by atoms with Crippen LogP contribution in [0.25, 0.3) is 0 Å². The van der Waals surface area contributed by atoms with Crippen molar-refractivity contribution in [1.82, 2.24) is 5.32 Å². The van der Waals surface area contributed by atoms with E-state index in [-0.39, 0.29) is 23.2 Å². The average molecular weight is 389 g/mol. The lowest BCUT2D eigenvalue weighted by atomic mass is 9.47. The van der Waals surface area contributed by atoms with Crippen LogP contribution in [0, 0.1) is 28.6 Å². The van der Waals surface area contributed by atoms with E-state index in [0.29, 0.717) is 18.3 Å². The second-order valence-electron chi connectivity index (χ2n) is 10.3. The van der Waals surface area contributed by atoms with Gasteiger partial charge in [-0.25, -0.2) is 4.39 Å². The Morgan fingerprint density at radius 3 is 2.79 bits per heavy atom. The molecule has 0 bridgehead atoms. The normalized spacial score (nSPS) is 49.4. The molecular formula is C23H33FN2O2. The van der Waals surface area contributed by atoms with Gasteiger partial charge in [0.25, 0.3) is 0 Å². The summed E-state index contributed by atoms with van der Waals surface area (Å²) in [6.07, 6.45) is 8.88. The van der Waals surface area contributed by atoms with Gasteiger partial charge in [0.2, 0.25) is 0 Å². The minimum atomic E-state index is -1.23. The van der Waals surface area contributed by atoms with Gasteiger partial charge < -0.3 is 10.2 Å². The van der Waals surface area contributed by atoms with E-state index in [1.165, 1.54) is 5.57 Å². The Morgan fingerprint density at radius 2 is 2.00 bits per heavy atom. The van der Waals surface area contributed by atoms with Crippen LogP contribution in [0.5, 0.6) is 0 Å². The van der Waals surface area contributed by atoms with Crippen LogP contribution in [0.3, 0.4) is 0 Å². The zero-order chi connectivity index (χ0) is 19.5. The van der Waals surface area contributed by atoms with Gasteiger partial charge in [0.15, 0.2) is 12.0 Å². The second-order valence-corrected chi connectivity index (χ2v) is 10.3. The van der Waals surface area contributed by atoms with Crippen molar-refractivity contribution in [1.29, 1.82) is 0 Å². The van der Waals surface area contributed by atoms with E-state index >= 15 is 0 Å². The fraction of sp³-hybridized carbons (Fsp3) is 0.826. The van der Waals surface area contributed by atoms with Gasteiger partial charge in [-0.3, -0.25) is 4.79 Å². The molecule has 4 aliphatic carbocycles. The maximum absolute atomic E-state index is 14.3. The molecule has 4 fully saturated rings. The monoisotopic (exact) mass is 388 g/mol. The molecule has 1 N–H and O–H groups in total. The molecule has 1 heterocycles. The SMILES string of the molecule is C[C@]12CC/C(=N\OC3CCNC3)C=C1CCC1C2CC[C@]2(C)C(=O)C(F)CC12. The molecule has 5 rings (SSSR count). The lowest BCUT2D eigenvalue weighted by Crippen LogP contribution is -2.50. The predicted octanol–water partition coefficient (Wildman–Crippen LogP) is 4.20. The highest BCUT2D eigenvalue weighted by molar-refractivity contribution is 5.96. The molecule has 0 spiro atoms. The Balaban J connectivity index is 1.36. The zero-order valence-corrected chi connectivity index (χ0v) is 17.2. The van der Waals surface area contributed by atoms with Crippen molar-refractivity contribution in [2.75, 3.05) is 13.1 Å². The summed E-state index contributed by atoms with van der Waals surface area (Å²) in [5.74, 6) is 1.19. The van der Waals surface area contributed by atoms with Crippen molar-refractivity contribution in [3.8, 4) is 0 Å². The summed E-state index contributed by atoms with van der Waals surface area (Å²) in [7, 11) is 0. The van der Waals surface area contributed by atoms with Crippen molar-refractivity contribution in [3.05, 3.63) is 11.6 Å². The van der Waals surface area contributed by atoms with E-state index in [9.17, 15) is 9.18 Å². The van der Waals surface area contributed by atoms with Crippen molar-refractivity contribution < 1.29 is 14.0 Å². The summed E-state index contributed by atoms with van der Waals surface area (Å²) in [4.78, 5) is 18.3. The molecule has 154 valence electrons. The number of ketones is 1. The number of carbonyl (C=O) groups is 1. The first-order chi connectivity index (χ1) is 13.4. The molecule has 3 saturated carbocycles. The molecule has 1 saturated heterocycles. The largest absolute Gasteiger partial charge is 0.391 e. The van der Waals surface area contributed by atoms with Crippen LogP contribution >= 0.6 is 0 Å². The molecule has 1 aliphatic heterocycles. The van der Waals surface area contributed by atoms with Crippen LogP contribution in [-0.4, -0.2) is 36.9 Å². The number of hydrogen-bond acceptors (Lipinski definition) is 4. The first kappa shape index (κ1) is 18.8. The molecule has 0 radical (unpaired) electrons. The minimum absolute atomic E-state index is 0.112. The highest BCUT2D eigenvalue weighted by atomic mass is 19.1. The number of halogens is 1. The second kappa shape index (κ2) is 6.65. The van der Waals surface area contributed by atoms with E-state index in [1.54, 1.807) is 0 Å². The molecular weight excluding hydrogens is 355 g/mol. The summed E-state index contributed by atoms with van der Waals surface area (Å²) < 4.78 is 14.3. The van der Waals surface area contributed by atoms with Crippen LogP contribution < -0.4 is 5.32 Å². The third kappa shape index (κ3) is 2.72. The number of nitrogens with zero attached hydrogens (tertiary/aromatic N) is 1. The number of rotatable bonds is 2. The average Bonchev–Trinajstić information content (AvgIpc) is 3.28. The Bertz CT molecular complexity index is 728. The minimum Gasteiger partial charge on any atom is -0.391 e.